The van der Waals surface area contributed by atoms with Crippen LogP contribution < -0.4 is 44.2 Å². The van der Waals surface area contributed by atoms with E-state index in [1.165, 1.54) is 36.4 Å². The van der Waals surface area contributed by atoms with Crippen LogP contribution in [0.5, 0.6) is 0 Å². The van der Waals surface area contributed by atoms with E-state index in [-0.39, 0.29) is 46.7 Å². The maximum absolute atomic E-state index is 13.3. The van der Waals surface area contributed by atoms with E-state index in [0.29, 0.717) is 38.8 Å². The van der Waals surface area contributed by atoms with E-state index in [1.54, 1.807) is 0 Å². The Morgan fingerprint density at radius 2 is 0.708 bits per heavy atom. The summed E-state index contributed by atoms with van der Waals surface area (Å²) in [6, 6.07) is 7.10. The highest BCUT2D eigenvalue weighted by Gasteiger charge is 2.40. The van der Waals surface area contributed by atoms with E-state index in [1.807, 2.05) is 0 Å². The average molecular weight is 1060 g/mol. The minimum Gasteiger partial charge on any atom is -0.475 e. The van der Waals surface area contributed by atoms with Crippen LogP contribution in [0.4, 0.5) is 64.1 Å². The molecule has 72 heavy (non-hydrogen) atoms. The first kappa shape index (κ1) is 66.6. The van der Waals surface area contributed by atoms with Crippen LogP contribution in [-0.2, 0) is 38.4 Å². The molecule has 2 aromatic rings. The lowest BCUT2D eigenvalue weighted by molar-refractivity contribution is -0.193. The van der Waals surface area contributed by atoms with Crippen LogP contribution in [-0.4, -0.2) is 142 Å². The highest BCUT2D eigenvalue weighted by Crippen LogP contribution is 2.31. The topological polar surface area (TPSA) is 404 Å². The van der Waals surface area contributed by atoms with E-state index < -0.39 is 95.9 Å². The van der Waals surface area contributed by atoms with Crippen molar-refractivity contribution < 1.29 is 121 Å². The number of fused-ring (bicyclic) bond motifs is 2. The Kier molecular flexibility index (Phi) is 28.1. The molecule has 404 valence electrons. The molecule has 0 saturated carbocycles. The molecule has 0 saturated heterocycles. The van der Waals surface area contributed by atoms with Crippen molar-refractivity contribution in [2.45, 2.75) is 75.3 Å². The second kappa shape index (κ2) is 30.3. The molecule has 0 aliphatic heterocycles. The fourth-order valence-corrected chi connectivity index (χ4v) is 4.59. The Hall–Kier alpha value is -7.46. The first-order valence-electron chi connectivity index (χ1n) is 19.5. The van der Waals surface area contributed by atoms with Gasteiger partial charge < -0.3 is 64.6 Å². The van der Waals surface area contributed by atoms with E-state index in [0.717, 1.165) is 12.8 Å². The maximum Gasteiger partial charge on any atom is 0.490 e. The number of hydrogen-bond acceptors (Lipinski definition) is 14. The highest BCUT2D eigenvalue weighted by atomic mass is 19.4. The first-order valence-corrected chi connectivity index (χ1v) is 19.5. The van der Waals surface area contributed by atoms with Gasteiger partial charge in [-0.3, -0.25) is 28.8 Å². The predicted molar refractivity (Wildman–Crippen MR) is 220 cm³/mol. The van der Waals surface area contributed by atoms with E-state index >= 15 is 0 Å². The third-order valence-electron chi connectivity index (χ3n) is 8.01. The summed E-state index contributed by atoms with van der Waals surface area (Å²) in [5, 5.41) is 38.7. The SMILES string of the molecule is NCCCC[C@H](N)C(=O)NCC(=O)Nc1ccc2c(c1)C(=O)c1ccc(NC(=O)CNC(=O)[C@@H](N)CCCCN)cc1C2=O.O=C(O)C(F)(F)F.O=C(O)C(F)(F)F.O=C(O)C(F)(F)F.O=C(O)C(F)(F)F. The number of carbonyl (C=O) groups excluding carboxylic acids is 6. The lowest BCUT2D eigenvalue weighted by atomic mass is 9.83. The zero-order chi connectivity index (χ0) is 56.5. The molecule has 0 spiro atoms. The van der Waals surface area contributed by atoms with Crippen LogP contribution in [0.15, 0.2) is 36.4 Å². The van der Waals surface area contributed by atoms with Crippen molar-refractivity contribution in [3.05, 3.63) is 58.7 Å². The summed E-state index contributed by atoms with van der Waals surface area (Å²) in [6.07, 6.45) is -16.5. The monoisotopic (exact) mass is 1060 g/mol. The molecule has 0 heterocycles. The third kappa shape index (κ3) is 26.5. The number of carboxylic acids is 4. The number of carboxylic acid groups (broad SMARTS) is 4. The average Bonchev–Trinajstić information content (AvgIpc) is 3.26. The number of halogens is 12. The summed E-state index contributed by atoms with van der Waals surface area (Å²) >= 11 is 0. The summed E-state index contributed by atoms with van der Waals surface area (Å²) in [5.74, 6) is -13.9. The minimum atomic E-state index is -5.08. The van der Waals surface area contributed by atoms with Crippen molar-refractivity contribution in [2.24, 2.45) is 22.9 Å². The number of alkyl halides is 12. The zero-order valence-electron chi connectivity index (χ0n) is 36.4. The van der Waals surface area contributed by atoms with Crippen LogP contribution in [0.2, 0.25) is 0 Å². The molecule has 2 aromatic carbocycles. The number of ketones is 2. The molecule has 1 aliphatic carbocycles. The molecule has 22 nitrogen and oxygen atoms in total. The molecule has 0 fully saturated rings. The van der Waals surface area contributed by atoms with Crippen LogP contribution in [0, 0.1) is 0 Å². The molecule has 2 atom stereocenters. The van der Waals surface area contributed by atoms with Gasteiger partial charge in [0, 0.05) is 33.6 Å². The van der Waals surface area contributed by atoms with Crippen molar-refractivity contribution in [1.82, 2.24) is 10.6 Å². The fraction of sp³-hybridized carbons (Fsp3) is 0.421. The number of nitrogens with one attached hydrogen (secondary N) is 4. The van der Waals surface area contributed by atoms with Crippen LogP contribution in [0.1, 0.15) is 70.4 Å². The Bertz CT molecular complexity index is 2040. The van der Waals surface area contributed by atoms with E-state index in [4.69, 9.17) is 62.5 Å². The molecule has 1 aliphatic rings. The molecule has 0 aromatic heterocycles. The first-order chi connectivity index (χ1) is 32.8. The number of nitrogens with two attached hydrogens (primary N) is 4. The Balaban J connectivity index is 0. The Labute approximate surface area is 395 Å². The molecule has 0 radical (unpaired) electrons. The summed E-state index contributed by atoms with van der Waals surface area (Å²) < 4.78 is 127. The number of unbranched alkanes of at least 4 members (excludes halogenated alkanes) is 2. The van der Waals surface area contributed by atoms with Gasteiger partial charge in [-0.15, -0.1) is 0 Å². The van der Waals surface area contributed by atoms with Gasteiger partial charge in [0.25, 0.3) is 0 Å². The Morgan fingerprint density at radius 3 is 0.931 bits per heavy atom. The number of anilines is 2. The number of amides is 4. The highest BCUT2D eigenvalue weighted by molar-refractivity contribution is 6.29. The second-order valence-electron chi connectivity index (χ2n) is 13.7. The van der Waals surface area contributed by atoms with Crippen LogP contribution in [0.3, 0.4) is 0 Å². The summed E-state index contributed by atoms with van der Waals surface area (Å²) in [6.45, 7) is 0.364. The minimum absolute atomic E-state index is 0.105. The third-order valence-corrected chi connectivity index (χ3v) is 8.01. The van der Waals surface area contributed by atoms with Gasteiger partial charge in [-0.2, -0.15) is 52.7 Å². The number of rotatable bonds is 16. The van der Waals surface area contributed by atoms with Gasteiger partial charge in [0.1, 0.15) is 0 Å². The number of hydrogen-bond donors (Lipinski definition) is 12. The largest absolute Gasteiger partial charge is 0.490 e. The van der Waals surface area contributed by atoms with Gasteiger partial charge in [-0.1, -0.05) is 12.8 Å². The van der Waals surface area contributed by atoms with Gasteiger partial charge in [0.15, 0.2) is 11.6 Å². The molecule has 16 N–H and O–H groups in total. The van der Waals surface area contributed by atoms with Crippen molar-refractivity contribution >= 4 is 70.4 Å². The van der Waals surface area contributed by atoms with Crippen molar-refractivity contribution in [3.8, 4) is 0 Å². The molecule has 3 rings (SSSR count). The molecule has 0 bridgehead atoms. The Morgan fingerprint density at radius 1 is 0.458 bits per heavy atom. The summed E-state index contributed by atoms with van der Waals surface area (Å²) in [5.41, 5.74) is 23.6. The molecular weight excluding hydrogens is 1020 g/mol. The van der Waals surface area contributed by atoms with Crippen molar-refractivity contribution in [3.63, 3.8) is 0 Å². The van der Waals surface area contributed by atoms with Gasteiger partial charge in [-0.05, 0) is 75.2 Å². The lowest BCUT2D eigenvalue weighted by Crippen LogP contribution is -2.43. The fourth-order valence-electron chi connectivity index (χ4n) is 4.59. The van der Waals surface area contributed by atoms with Crippen molar-refractivity contribution in [1.29, 1.82) is 0 Å². The number of aliphatic carboxylic acids is 4. The van der Waals surface area contributed by atoms with Crippen LogP contribution >= 0.6 is 0 Å². The smallest absolute Gasteiger partial charge is 0.475 e. The standard InChI is InChI=1S/C30H40N8O6.4C2HF3O2/c31-11-3-1-5-23(33)29(43)35-15-25(39)37-17-7-9-19-21(13-17)27(41)20-10-8-18(14-22(20)28(19)42)38-26(40)16-36-30(44)24(34)6-2-4-12-32;4*3-2(4,5)1(6)7/h7-10,13-14,23-24H,1-6,11-12,15-16,31-34H2,(H,35,43)(H,36,44)(H,37,39)(H,38,40);4*(H,6,7)/t23-,24-;;;;/m0..../s1. The molecule has 4 amide bonds. The van der Waals surface area contributed by atoms with Gasteiger partial charge in [-0.25, -0.2) is 19.2 Å². The molecule has 34 heteroatoms. The second-order valence-corrected chi connectivity index (χ2v) is 13.7. The van der Waals surface area contributed by atoms with Gasteiger partial charge in [0.2, 0.25) is 23.6 Å². The van der Waals surface area contributed by atoms with E-state index in [9.17, 15) is 81.5 Å². The summed E-state index contributed by atoms with van der Waals surface area (Å²) in [7, 11) is 0. The maximum atomic E-state index is 13.3. The van der Waals surface area contributed by atoms with Crippen molar-refractivity contribution in [2.75, 3.05) is 36.8 Å². The normalized spacial score (nSPS) is 12.5. The predicted octanol–water partition coefficient (Wildman–Crippen LogP) is 2.02. The van der Waals surface area contributed by atoms with Gasteiger partial charge in [0.05, 0.1) is 25.2 Å². The van der Waals surface area contributed by atoms with Crippen LogP contribution in [0.25, 0.3) is 0 Å². The number of carbonyl (C=O) groups is 10. The summed E-state index contributed by atoms with van der Waals surface area (Å²) in [4.78, 5) is 111. The number of benzene rings is 2. The quantitative estimate of drug-likeness (QED) is 0.0721. The lowest BCUT2D eigenvalue weighted by Gasteiger charge is -2.19. The molecular formula is C38H44F12N8O14. The van der Waals surface area contributed by atoms with E-state index in [2.05, 4.69) is 21.3 Å². The van der Waals surface area contributed by atoms with Gasteiger partial charge >= 0.3 is 48.6 Å². The zero-order valence-corrected chi connectivity index (χ0v) is 36.4. The molecule has 0 unspecified atom stereocenters.